The van der Waals surface area contributed by atoms with Gasteiger partial charge < -0.3 is 4.74 Å². The summed E-state index contributed by atoms with van der Waals surface area (Å²) in [7, 11) is -1.75. The fraction of sp³-hybridized carbons (Fsp3) is 0.684. The molecule has 2 unspecified atom stereocenters. The van der Waals surface area contributed by atoms with Crippen LogP contribution in [0.15, 0.2) is 29.2 Å². The van der Waals surface area contributed by atoms with Crippen molar-refractivity contribution in [2.24, 2.45) is 5.92 Å². The molecule has 2 atom stereocenters. The number of ether oxygens (including phenoxy) is 1. The van der Waals surface area contributed by atoms with E-state index in [4.69, 9.17) is 4.74 Å². The van der Waals surface area contributed by atoms with Gasteiger partial charge >= 0.3 is 0 Å². The van der Waals surface area contributed by atoms with Gasteiger partial charge in [0.05, 0.1) is 11.0 Å². The zero-order chi connectivity index (χ0) is 17.9. The molecule has 0 spiro atoms. The van der Waals surface area contributed by atoms with E-state index in [0.29, 0.717) is 23.3 Å². The van der Waals surface area contributed by atoms with E-state index in [2.05, 4.69) is 27.7 Å². The van der Waals surface area contributed by atoms with Crippen LogP contribution in [0.25, 0.3) is 0 Å². The highest BCUT2D eigenvalue weighted by atomic mass is 32.2. The summed E-state index contributed by atoms with van der Waals surface area (Å²) >= 11 is 0. The van der Waals surface area contributed by atoms with Gasteiger partial charge in [-0.3, -0.25) is 0 Å². The molecule has 1 aromatic rings. The van der Waals surface area contributed by atoms with Gasteiger partial charge in [0, 0.05) is 19.7 Å². The van der Waals surface area contributed by atoms with Crippen LogP contribution in [0.1, 0.15) is 58.4 Å². The number of sulfonamides is 1. The molecule has 0 radical (unpaired) electrons. The maximum atomic E-state index is 12.9. The molecule has 24 heavy (non-hydrogen) atoms. The van der Waals surface area contributed by atoms with Crippen molar-refractivity contribution in [1.82, 2.24) is 4.31 Å². The molecule has 1 saturated heterocycles. The van der Waals surface area contributed by atoms with Gasteiger partial charge in [-0.2, -0.15) is 4.31 Å². The van der Waals surface area contributed by atoms with Gasteiger partial charge in [-0.05, 0) is 48.8 Å². The standard InChI is InChI=1S/C19H31NO3S/c1-14(2)12-18-13-17(10-11-23-18)20(5)24(21,22)19-8-6-16(7-9-19)15(3)4/h6-9,14-15,17-18H,10-13H2,1-5H3. The second-order valence-corrected chi connectivity index (χ2v) is 9.54. The maximum Gasteiger partial charge on any atom is 0.243 e. The molecule has 4 nitrogen and oxygen atoms in total. The molecule has 136 valence electrons. The van der Waals surface area contributed by atoms with Gasteiger partial charge in [0.1, 0.15) is 0 Å². The minimum absolute atomic E-state index is 0.0114. The smallest absolute Gasteiger partial charge is 0.243 e. The first-order valence-corrected chi connectivity index (χ1v) is 10.4. The van der Waals surface area contributed by atoms with Crippen LogP contribution in [0.4, 0.5) is 0 Å². The summed E-state index contributed by atoms with van der Waals surface area (Å²) in [5.41, 5.74) is 1.15. The lowest BCUT2D eigenvalue weighted by atomic mass is 9.96. The van der Waals surface area contributed by atoms with Crippen molar-refractivity contribution >= 4 is 10.0 Å². The van der Waals surface area contributed by atoms with E-state index in [1.54, 1.807) is 23.5 Å². The summed E-state index contributed by atoms with van der Waals surface area (Å²) in [6, 6.07) is 7.30. The normalized spacial score (nSPS) is 22.5. The minimum Gasteiger partial charge on any atom is -0.378 e. The predicted octanol–water partition coefficient (Wildman–Crippen LogP) is 4.02. The third-order valence-electron chi connectivity index (χ3n) is 4.81. The van der Waals surface area contributed by atoms with Crippen molar-refractivity contribution in [1.29, 1.82) is 0 Å². The van der Waals surface area contributed by atoms with Crippen LogP contribution in [0.3, 0.4) is 0 Å². The summed E-state index contributed by atoms with van der Waals surface area (Å²) in [5, 5.41) is 0. The summed E-state index contributed by atoms with van der Waals surface area (Å²) in [6.45, 7) is 9.18. The topological polar surface area (TPSA) is 46.6 Å². The summed E-state index contributed by atoms with van der Waals surface area (Å²) < 4.78 is 33.2. The number of nitrogens with zero attached hydrogens (tertiary/aromatic N) is 1. The zero-order valence-corrected chi connectivity index (χ0v) is 16.3. The first kappa shape index (κ1) is 19.4. The van der Waals surface area contributed by atoms with Gasteiger partial charge in [0.15, 0.2) is 0 Å². The van der Waals surface area contributed by atoms with Crippen LogP contribution in [0, 0.1) is 5.92 Å². The van der Waals surface area contributed by atoms with Crippen LogP contribution >= 0.6 is 0 Å². The molecular weight excluding hydrogens is 322 g/mol. The van der Waals surface area contributed by atoms with Crippen LogP contribution in [-0.2, 0) is 14.8 Å². The lowest BCUT2D eigenvalue weighted by molar-refractivity contribution is -0.0190. The third-order valence-corrected chi connectivity index (χ3v) is 6.74. The van der Waals surface area contributed by atoms with Gasteiger partial charge in [-0.15, -0.1) is 0 Å². The Morgan fingerprint density at radius 1 is 1.17 bits per heavy atom. The minimum atomic E-state index is -3.46. The van der Waals surface area contributed by atoms with E-state index < -0.39 is 10.0 Å². The lowest BCUT2D eigenvalue weighted by Crippen LogP contribution is -2.43. The molecule has 0 saturated carbocycles. The first-order chi connectivity index (χ1) is 11.2. The van der Waals surface area contributed by atoms with Crippen LogP contribution in [-0.4, -0.2) is 38.5 Å². The average molecular weight is 354 g/mol. The molecule has 1 fully saturated rings. The second-order valence-electron chi connectivity index (χ2n) is 7.55. The fourth-order valence-corrected chi connectivity index (χ4v) is 4.66. The highest BCUT2D eigenvalue weighted by Crippen LogP contribution is 2.27. The van der Waals surface area contributed by atoms with Crippen molar-refractivity contribution < 1.29 is 13.2 Å². The van der Waals surface area contributed by atoms with Crippen molar-refractivity contribution in [3.8, 4) is 0 Å². The number of hydrogen-bond acceptors (Lipinski definition) is 3. The molecule has 1 aliphatic rings. The van der Waals surface area contributed by atoms with Gasteiger partial charge in [-0.25, -0.2) is 8.42 Å². The van der Waals surface area contributed by atoms with Crippen LogP contribution in [0.2, 0.25) is 0 Å². The number of hydrogen-bond donors (Lipinski definition) is 0. The monoisotopic (exact) mass is 353 g/mol. The predicted molar refractivity (Wildman–Crippen MR) is 97.7 cm³/mol. The Labute approximate surface area is 147 Å². The largest absolute Gasteiger partial charge is 0.378 e. The molecule has 1 aliphatic heterocycles. The van der Waals surface area contributed by atoms with Crippen LogP contribution < -0.4 is 0 Å². The Morgan fingerprint density at radius 3 is 2.33 bits per heavy atom. The Bertz CT molecular complexity index is 623. The molecule has 0 aromatic heterocycles. The van der Waals surface area contributed by atoms with Gasteiger partial charge in [0.25, 0.3) is 0 Å². The maximum absolute atomic E-state index is 12.9. The van der Waals surface area contributed by atoms with E-state index >= 15 is 0 Å². The van der Waals surface area contributed by atoms with Crippen molar-refractivity contribution in [3.63, 3.8) is 0 Å². The third kappa shape index (κ3) is 4.58. The van der Waals surface area contributed by atoms with E-state index in [-0.39, 0.29) is 12.1 Å². The van der Waals surface area contributed by atoms with Crippen molar-refractivity contribution in [2.75, 3.05) is 13.7 Å². The molecule has 0 amide bonds. The molecule has 0 aliphatic carbocycles. The summed E-state index contributed by atoms with van der Waals surface area (Å²) in [5.74, 6) is 0.950. The number of benzene rings is 1. The second kappa shape index (κ2) is 7.98. The molecule has 0 N–H and O–H groups in total. The molecule has 2 rings (SSSR count). The fourth-order valence-electron chi connectivity index (χ4n) is 3.27. The summed E-state index contributed by atoms with van der Waals surface area (Å²) in [6.07, 6.45) is 2.67. The highest BCUT2D eigenvalue weighted by Gasteiger charge is 2.32. The van der Waals surface area contributed by atoms with Gasteiger partial charge in [0.2, 0.25) is 10.0 Å². The zero-order valence-electron chi connectivity index (χ0n) is 15.5. The number of rotatable bonds is 6. The molecule has 1 heterocycles. The first-order valence-electron chi connectivity index (χ1n) is 8.91. The van der Waals surface area contributed by atoms with E-state index in [1.165, 1.54) is 0 Å². The van der Waals surface area contributed by atoms with Crippen molar-refractivity contribution in [3.05, 3.63) is 29.8 Å². The van der Waals surface area contributed by atoms with Gasteiger partial charge in [-0.1, -0.05) is 39.8 Å². The summed E-state index contributed by atoms with van der Waals surface area (Å²) in [4.78, 5) is 0.376. The SMILES string of the molecule is CC(C)CC1CC(N(C)S(=O)(=O)c2ccc(C(C)C)cc2)CCO1. The molecular formula is C19H31NO3S. The Hall–Kier alpha value is -0.910. The van der Waals surface area contributed by atoms with Crippen LogP contribution in [0.5, 0.6) is 0 Å². The van der Waals surface area contributed by atoms with Crippen molar-refractivity contribution in [2.45, 2.75) is 69.9 Å². The Balaban J connectivity index is 2.13. The van der Waals surface area contributed by atoms with E-state index in [9.17, 15) is 8.42 Å². The average Bonchev–Trinajstić information content (AvgIpc) is 2.53. The lowest BCUT2D eigenvalue weighted by Gasteiger charge is -2.35. The Kier molecular flexibility index (Phi) is 6.46. The molecule has 5 heteroatoms. The Morgan fingerprint density at radius 2 is 1.79 bits per heavy atom. The van der Waals surface area contributed by atoms with E-state index in [0.717, 1.165) is 24.8 Å². The molecule has 0 bridgehead atoms. The quantitative estimate of drug-likeness (QED) is 0.776. The van der Waals surface area contributed by atoms with E-state index in [1.807, 2.05) is 12.1 Å². The highest BCUT2D eigenvalue weighted by molar-refractivity contribution is 7.89. The molecule has 1 aromatic carbocycles.